The average Bonchev–Trinajstić information content (AvgIpc) is 3.77. The average molecular weight is 724 g/mol. The Morgan fingerprint density at radius 2 is 0.719 bits per heavy atom. The van der Waals surface area contributed by atoms with Crippen molar-refractivity contribution in [2.45, 2.75) is 5.41 Å². The first kappa shape index (κ1) is 31.8. The zero-order chi connectivity index (χ0) is 37.5. The Balaban J connectivity index is 1.01. The molecule has 1 spiro atoms. The lowest BCUT2D eigenvalue weighted by molar-refractivity contribution is 0.809. The molecule has 9 aromatic carbocycles. The number of aromatic nitrogens is 3. The van der Waals surface area contributed by atoms with Crippen molar-refractivity contribution < 1.29 is 0 Å². The molecule has 0 unspecified atom stereocenters. The van der Waals surface area contributed by atoms with Crippen LogP contribution in [0.15, 0.2) is 200 Å². The molecule has 0 amide bonds. The molecule has 12 rings (SSSR count). The third kappa shape index (κ3) is 4.63. The van der Waals surface area contributed by atoms with Crippen LogP contribution in [-0.2, 0) is 5.41 Å². The minimum Gasteiger partial charge on any atom is -0.208 e. The van der Waals surface area contributed by atoms with E-state index in [-0.39, 0.29) is 0 Å². The van der Waals surface area contributed by atoms with Crippen LogP contribution in [-0.4, -0.2) is 15.0 Å². The van der Waals surface area contributed by atoms with Crippen molar-refractivity contribution in [3.05, 3.63) is 222 Å². The fourth-order valence-corrected chi connectivity index (χ4v) is 9.69. The number of rotatable bonds is 4. The molecule has 0 fully saturated rings. The van der Waals surface area contributed by atoms with Crippen molar-refractivity contribution in [1.29, 1.82) is 0 Å². The third-order valence-corrected chi connectivity index (χ3v) is 12.1. The summed E-state index contributed by atoms with van der Waals surface area (Å²) < 4.78 is 0. The molecule has 1 aromatic heterocycles. The Morgan fingerprint density at radius 1 is 0.281 bits per heavy atom. The Bertz CT molecular complexity index is 3120. The van der Waals surface area contributed by atoms with Crippen LogP contribution in [0.25, 0.3) is 89.1 Å². The smallest absolute Gasteiger partial charge is 0.164 e. The fourth-order valence-electron chi connectivity index (χ4n) is 9.69. The molecule has 0 saturated heterocycles. The molecule has 0 atom stereocenters. The molecular formula is C54H33N3. The third-order valence-electron chi connectivity index (χ3n) is 12.1. The van der Waals surface area contributed by atoms with Gasteiger partial charge in [0.25, 0.3) is 0 Å². The van der Waals surface area contributed by atoms with Crippen LogP contribution >= 0.6 is 0 Å². The number of hydrogen-bond donors (Lipinski definition) is 0. The van der Waals surface area contributed by atoms with Crippen LogP contribution in [0.3, 0.4) is 0 Å². The highest BCUT2D eigenvalue weighted by Crippen LogP contribution is 2.65. The van der Waals surface area contributed by atoms with Crippen LogP contribution in [0, 0.1) is 0 Å². The summed E-state index contributed by atoms with van der Waals surface area (Å²) in [5, 5.41) is 5.09. The van der Waals surface area contributed by atoms with Gasteiger partial charge in [0.15, 0.2) is 17.5 Å². The van der Waals surface area contributed by atoms with E-state index in [1.807, 2.05) is 60.7 Å². The number of benzene rings is 9. The highest BCUT2D eigenvalue weighted by molar-refractivity contribution is 6.09. The first-order chi connectivity index (χ1) is 28.3. The maximum Gasteiger partial charge on any atom is 0.164 e. The summed E-state index contributed by atoms with van der Waals surface area (Å²) in [6.07, 6.45) is 0. The predicted molar refractivity (Wildman–Crippen MR) is 233 cm³/mol. The van der Waals surface area contributed by atoms with Crippen molar-refractivity contribution >= 4 is 21.5 Å². The zero-order valence-electron chi connectivity index (χ0n) is 30.9. The first-order valence-corrected chi connectivity index (χ1v) is 19.5. The van der Waals surface area contributed by atoms with Gasteiger partial charge in [-0.25, -0.2) is 15.0 Å². The van der Waals surface area contributed by atoms with E-state index in [1.54, 1.807) is 0 Å². The van der Waals surface area contributed by atoms with Crippen molar-refractivity contribution in [3.8, 4) is 67.5 Å². The van der Waals surface area contributed by atoms with Crippen LogP contribution in [0.1, 0.15) is 22.3 Å². The minimum atomic E-state index is -0.441. The van der Waals surface area contributed by atoms with Crippen molar-refractivity contribution in [1.82, 2.24) is 15.0 Å². The van der Waals surface area contributed by atoms with Crippen LogP contribution < -0.4 is 0 Å². The second-order valence-electron chi connectivity index (χ2n) is 15.1. The molecule has 3 heteroatoms. The molecule has 3 nitrogen and oxygen atoms in total. The second-order valence-corrected chi connectivity index (χ2v) is 15.1. The van der Waals surface area contributed by atoms with E-state index in [2.05, 4.69) is 140 Å². The zero-order valence-corrected chi connectivity index (χ0v) is 30.9. The highest BCUT2D eigenvalue weighted by Gasteiger charge is 2.53. The van der Waals surface area contributed by atoms with Crippen molar-refractivity contribution in [2.75, 3.05) is 0 Å². The van der Waals surface area contributed by atoms with Gasteiger partial charge < -0.3 is 0 Å². The van der Waals surface area contributed by atoms with Crippen LogP contribution in [0.2, 0.25) is 0 Å². The number of nitrogens with zero attached hydrogens (tertiary/aromatic N) is 3. The first-order valence-electron chi connectivity index (χ1n) is 19.5. The normalized spacial score (nSPS) is 13.1. The van der Waals surface area contributed by atoms with E-state index >= 15 is 0 Å². The highest BCUT2D eigenvalue weighted by atomic mass is 15.0. The molecule has 57 heavy (non-hydrogen) atoms. The quantitative estimate of drug-likeness (QED) is 0.181. The largest absolute Gasteiger partial charge is 0.208 e. The van der Waals surface area contributed by atoms with Gasteiger partial charge in [0.05, 0.1) is 5.41 Å². The second kappa shape index (κ2) is 12.3. The van der Waals surface area contributed by atoms with Gasteiger partial charge in [-0.05, 0) is 83.2 Å². The SMILES string of the molecule is c1ccc(-c2nc(-c3ccccc3)nc(-c3ccc(-c4ccc5c6c(ccc5c4)-c4ccc5ccccc5c4C64c5ccccc5-c5ccccc54)cc3)n2)cc1. The van der Waals surface area contributed by atoms with E-state index in [0.717, 1.165) is 22.3 Å². The maximum atomic E-state index is 4.96. The predicted octanol–water partition coefficient (Wildman–Crippen LogP) is 13.2. The standard InChI is InChI=1S/C54H33N3/c1-3-14-36(15-4-1)51-55-52(37-16-5-2-6-17-37)57-53(56-51)38-25-23-34(24-26-38)39-28-30-42-40(33-39)29-32-46-45-31-27-35-13-7-8-18-41(35)49(45)54(50(42)46)47-21-11-9-19-43(47)44-20-10-12-22-48(44)54/h1-33H. The molecule has 0 aliphatic heterocycles. The van der Waals surface area contributed by atoms with Crippen LogP contribution in [0.4, 0.5) is 0 Å². The molecule has 2 aliphatic carbocycles. The summed E-state index contributed by atoms with van der Waals surface area (Å²) in [4.78, 5) is 14.8. The van der Waals surface area contributed by atoms with Gasteiger partial charge in [-0.2, -0.15) is 0 Å². The topological polar surface area (TPSA) is 38.7 Å². The summed E-state index contributed by atoms with van der Waals surface area (Å²) in [5.41, 5.74) is 15.5. The van der Waals surface area contributed by atoms with Crippen molar-refractivity contribution in [2.24, 2.45) is 0 Å². The molecule has 2 aliphatic rings. The van der Waals surface area contributed by atoms with Gasteiger partial charge in [-0.1, -0.05) is 194 Å². The number of hydrogen-bond acceptors (Lipinski definition) is 3. The summed E-state index contributed by atoms with van der Waals surface area (Å²) in [6.45, 7) is 0. The van der Waals surface area contributed by atoms with Gasteiger partial charge in [0, 0.05) is 16.7 Å². The van der Waals surface area contributed by atoms with Gasteiger partial charge in [0.2, 0.25) is 0 Å². The molecular weight excluding hydrogens is 691 g/mol. The van der Waals surface area contributed by atoms with Gasteiger partial charge in [0.1, 0.15) is 0 Å². The summed E-state index contributed by atoms with van der Waals surface area (Å²) in [6, 6.07) is 72.2. The fraction of sp³-hybridized carbons (Fsp3) is 0.0185. The molecule has 0 radical (unpaired) electrons. The minimum absolute atomic E-state index is 0.441. The molecule has 264 valence electrons. The molecule has 0 bridgehead atoms. The number of fused-ring (bicyclic) bond motifs is 14. The Kier molecular flexibility index (Phi) is 6.84. The van der Waals surface area contributed by atoms with E-state index in [0.29, 0.717) is 17.5 Å². The van der Waals surface area contributed by atoms with Crippen molar-refractivity contribution in [3.63, 3.8) is 0 Å². The lowest BCUT2D eigenvalue weighted by Gasteiger charge is -2.32. The molecule has 0 N–H and O–H groups in total. The van der Waals surface area contributed by atoms with E-state index in [1.165, 1.54) is 71.6 Å². The monoisotopic (exact) mass is 723 g/mol. The van der Waals surface area contributed by atoms with Gasteiger partial charge in [-0.3, -0.25) is 0 Å². The lowest BCUT2D eigenvalue weighted by Crippen LogP contribution is -2.26. The Labute approximate surface area is 330 Å². The summed E-state index contributed by atoms with van der Waals surface area (Å²) in [7, 11) is 0. The van der Waals surface area contributed by atoms with Gasteiger partial charge >= 0.3 is 0 Å². The van der Waals surface area contributed by atoms with Crippen LogP contribution in [0.5, 0.6) is 0 Å². The van der Waals surface area contributed by atoms with E-state index in [9.17, 15) is 0 Å². The van der Waals surface area contributed by atoms with E-state index < -0.39 is 5.41 Å². The summed E-state index contributed by atoms with van der Waals surface area (Å²) in [5.74, 6) is 1.97. The molecule has 10 aromatic rings. The summed E-state index contributed by atoms with van der Waals surface area (Å²) >= 11 is 0. The Morgan fingerprint density at radius 3 is 1.32 bits per heavy atom. The van der Waals surface area contributed by atoms with Gasteiger partial charge in [-0.15, -0.1) is 0 Å². The molecule has 1 heterocycles. The lowest BCUT2D eigenvalue weighted by atomic mass is 9.68. The Hall–Kier alpha value is -7.49. The maximum absolute atomic E-state index is 4.96. The molecule has 0 saturated carbocycles. The van der Waals surface area contributed by atoms with E-state index in [4.69, 9.17) is 15.0 Å².